The molecule has 0 radical (unpaired) electrons. The quantitative estimate of drug-likeness (QED) is 0.236. The molecule has 2 N–H and O–H groups in total. The molecule has 4 aromatic rings. The van der Waals surface area contributed by atoms with E-state index in [1.165, 1.54) is 43.3 Å². The SMILES string of the molecule is CCOC(=O)CNc1c(-c2cccc(OS(=O)(=O)c3ccc(NC(C)=O)cc3)c2)nc2ccc(Cl)cn12. The van der Waals surface area contributed by atoms with E-state index in [-0.39, 0.29) is 29.7 Å². The van der Waals surface area contributed by atoms with Gasteiger partial charge in [-0.05, 0) is 55.5 Å². The highest BCUT2D eigenvalue weighted by atomic mass is 35.5. The van der Waals surface area contributed by atoms with Gasteiger partial charge in [-0.2, -0.15) is 8.42 Å². The summed E-state index contributed by atoms with van der Waals surface area (Å²) in [4.78, 5) is 27.7. The minimum absolute atomic E-state index is 0.0647. The number of fused-ring (bicyclic) bond motifs is 1. The van der Waals surface area contributed by atoms with Gasteiger partial charge in [0, 0.05) is 24.4 Å². The highest BCUT2D eigenvalue weighted by Gasteiger charge is 2.20. The third-order valence-electron chi connectivity index (χ3n) is 5.06. The van der Waals surface area contributed by atoms with Crippen LogP contribution >= 0.6 is 11.6 Å². The average Bonchev–Trinajstić information content (AvgIpc) is 3.20. The van der Waals surface area contributed by atoms with Crippen molar-refractivity contribution in [3.05, 3.63) is 71.9 Å². The number of pyridine rings is 1. The van der Waals surface area contributed by atoms with Crippen molar-refractivity contribution in [2.45, 2.75) is 18.7 Å². The molecule has 12 heteroatoms. The average molecular weight is 543 g/mol. The summed E-state index contributed by atoms with van der Waals surface area (Å²) in [6.45, 7) is 3.21. The molecular weight excluding hydrogens is 520 g/mol. The molecule has 192 valence electrons. The molecule has 0 fully saturated rings. The van der Waals surface area contributed by atoms with E-state index < -0.39 is 16.1 Å². The van der Waals surface area contributed by atoms with E-state index in [0.717, 1.165) is 0 Å². The summed E-state index contributed by atoms with van der Waals surface area (Å²) in [6, 6.07) is 15.4. The molecule has 0 unspecified atom stereocenters. The van der Waals surface area contributed by atoms with Gasteiger partial charge in [0.1, 0.15) is 34.3 Å². The van der Waals surface area contributed by atoms with Crippen molar-refractivity contribution in [2.24, 2.45) is 0 Å². The van der Waals surface area contributed by atoms with Crippen molar-refractivity contribution in [1.29, 1.82) is 0 Å². The van der Waals surface area contributed by atoms with Crippen molar-refractivity contribution in [1.82, 2.24) is 9.38 Å². The van der Waals surface area contributed by atoms with E-state index in [0.29, 0.717) is 33.4 Å². The summed E-state index contributed by atoms with van der Waals surface area (Å²) in [5.41, 5.74) is 2.01. The lowest BCUT2D eigenvalue weighted by atomic mass is 10.1. The first-order chi connectivity index (χ1) is 17.7. The molecular formula is C25H23ClN4O6S. The number of anilines is 2. The number of imidazole rings is 1. The molecule has 2 heterocycles. The summed E-state index contributed by atoms with van der Waals surface area (Å²) in [5.74, 6) is -0.180. The smallest absolute Gasteiger partial charge is 0.339 e. The number of amides is 1. The third kappa shape index (κ3) is 6.19. The van der Waals surface area contributed by atoms with Crippen molar-refractivity contribution >= 4 is 50.7 Å². The topological polar surface area (TPSA) is 128 Å². The molecule has 0 bridgehead atoms. The maximum Gasteiger partial charge on any atom is 0.339 e. The summed E-state index contributed by atoms with van der Waals surface area (Å²) >= 11 is 6.17. The lowest BCUT2D eigenvalue weighted by molar-refractivity contribution is -0.140. The molecule has 0 aliphatic rings. The number of carbonyl (C=O) groups excluding carboxylic acids is 2. The van der Waals surface area contributed by atoms with Gasteiger partial charge in [0.2, 0.25) is 5.91 Å². The maximum absolute atomic E-state index is 12.9. The second kappa shape index (κ2) is 10.9. The number of halogens is 1. The predicted molar refractivity (Wildman–Crippen MR) is 139 cm³/mol. The van der Waals surface area contributed by atoms with Gasteiger partial charge in [-0.1, -0.05) is 23.7 Å². The van der Waals surface area contributed by atoms with Crippen molar-refractivity contribution in [3.8, 4) is 17.0 Å². The van der Waals surface area contributed by atoms with Crippen LogP contribution in [0.25, 0.3) is 16.9 Å². The number of hydrogen-bond acceptors (Lipinski definition) is 8. The summed E-state index contributed by atoms with van der Waals surface area (Å²) < 4.78 is 37.8. The largest absolute Gasteiger partial charge is 0.465 e. The molecule has 2 aromatic heterocycles. The fraction of sp³-hybridized carbons (Fsp3) is 0.160. The van der Waals surface area contributed by atoms with Gasteiger partial charge in [0.05, 0.1) is 11.6 Å². The first kappa shape index (κ1) is 26.0. The van der Waals surface area contributed by atoms with Crippen LogP contribution in [0.4, 0.5) is 11.5 Å². The van der Waals surface area contributed by atoms with Crippen LogP contribution in [0.15, 0.2) is 71.8 Å². The zero-order valence-corrected chi connectivity index (χ0v) is 21.5. The molecule has 37 heavy (non-hydrogen) atoms. The van der Waals surface area contributed by atoms with Crippen LogP contribution in [0.2, 0.25) is 5.02 Å². The Morgan fingerprint density at radius 1 is 1.08 bits per heavy atom. The van der Waals surface area contributed by atoms with Crippen LogP contribution in [0.1, 0.15) is 13.8 Å². The monoisotopic (exact) mass is 542 g/mol. The minimum atomic E-state index is -4.16. The van der Waals surface area contributed by atoms with Crippen LogP contribution in [0.5, 0.6) is 5.75 Å². The van der Waals surface area contributed by atoms with E-state index in [2.05, 4.69) is 15.6 Å². The van der Waals surface area contributed by atoms with Crippen molar-refractivity contribution < 1.29 is 26.9 Å². The van der Waals surface area contributed by atoms with Gasteiger partial charge in [-0.15, -0.1) is 0 Å². The normalized spacial score (nSPS) is 11.2. The van der Waals surface area contributed by atoms with Gasteiger partial charge in [0.25, 0.3) is 0 Å². The Kier molecular flexibility index (Phi) is 7.65. The minimum Gasteiger partial charge on any atom is -0.465 e. The fourth-order valence-electron chi connectivity index (χ4n) is 3.54. The number of carbonyl (C=O) groups is 2. The molecule has 0 atom stereocenters. The third-order valence-corrected chi connectivity index (χ3v) is 6.55. The van der Waals surface area contributed by atoms with Crippen LogP contribution in [0, 0.1) is 0 Å². The second-order valence-corrected chi connectivity index (χ2v) is 9.80. The molecule has 4 rings (SSSR count). The highest BCUT2D eigenvalue weighted by molar-refractivity contribution is 7.87. The van der Waals surface area contributed by atoms with Gasteiger partial charge >= 0.3 is 16.1 Å². The molecule has 0 saturated heterocycles. The standard InChI is InChI=1S/C25H23ClN4O6S/c1-3-35-23(32)14-27-25-24(29-22-12-7-18(26)15-30(22)25)17-5-4-6-20(13-17)36-37(33,34)21-10-8-19(9-11-21)28-16(2)31/h4-13,15,27H,3,14H2,1-2H3,(H,28,31). The van der Waals surface area contributed by atoms with Crippen LogP contribution in [-0.2, 0) is 24.4 Å². The zero-order valence-electron chi connectivity index (χ0n) is 19.9. The van der Waals surface area contributed by atoms with Gasteiger partial charge in [0.15, 0.2) is 0 Å². The number of hydrogen-bond donors (Lipinski definition) is 2. The lowest BCUT2D eigenvalue weighted by Gasteiger charge is -2.11. The van der Waals surface area contributed by atoms with Gasteiger partial charge < -0.3 is 19.6 Å². The second-order valence-electron chi connectivity index (χ2n) is 7.81. The highest BCUT2D eigenvalue weighted by Crippen LogP contribution is 2.32. The van der Waals surface area contributed by atoms with E-state index in [4.69, 9.17) is 20.5 Å². The molecule has 10 nitrogen and oxygen atoms in total. The number of aromatic nitrogens is 2. The fourth-order valence-corrected chi connectivity index (χ4v) is 4.62. The molecule has 0 aliphatic carbocycles. The van der Waals surface area contributed by atoms with Gasteiger partial charge in [-0.3, -0.25) is 14.0 Å². The van der Waals surface area contributed by atoms with E-state index in [1.807, 2.05) is 0 Å². The maximum atomic E-state index is 12.9. The first-order valence-corrected chi connectivity index (χ1v) is 12.9. The number of nitrogens with one attached hydrogen (secondary N) is 2. The van der Waals surface area contributed by atoms with Crippen LogP contribution in [-0.4, -0.2) is 42.8 Å². The van der Waals surface area contributed by atoms with Crippen molar-refractivity contribution in [2.75, 3.05) is 23.8 Å². The Labute approximate surface area is 218 Å². The van der Waals surface area contributed by atoms with E-state index in [1.54, 1.807) is 41.8 Å². The number of rotatable bonds is 9. The zero-order chi connectivity index (χ0) is 26.6. The number of nitrogens with zero attached hydrogens (tertiary/aromatic N) is 2. The molecule has 2 aromatic carbocycles. The number of benzene rings is 2. The molecule has 0 saturated carbocycles. The van der Waals surface area contributed by atoms with Crippen LogP contribution in [0.3, 0.4) is 0 Å². The number of ether oxygens (including phenoxy) is 1. The van der Waals surface area contributed by atoms with Gasteiger partial charge in [-0.25, -0.2) is 4.98 Å². The summed E-state index contributed by atoms with van der Waals surface area (Å²) in [5, 5.41) is 6.07. The molecule has 1 amide bonds. The van der Waals surface area contributed by atoms with E-state index in [9.17, 15) is 18.0 Å². The Hall–Kier alpha value is -4.09. The predicted octanol–water partition coefficient (Wildman–Crippen LogP) is 4.36. The lowest BCUT2D eigenvalue weighted by Crippen LogP contribution is -2.17. The van der Waals surface area contributed by atoms with Crippen LogP contribution < -0.4 is 14.8 Å². The Bertz CT molecular complexity index is 1570. The number of esters is 1. The van der Waals surface area contributed by atoms with E-state index >= 15 is 0 Å². The van der Waals surface area contributed by atoms with Crippen molar-refractivity contribution in [3.63, 3.8) is 0 Å². The summed E-state index contributed by atoms with van der Waals surface area (Å²) in [7, 11) is -4.16. The Morgan fingerprint density at radius 2 is 1.84 bits per heavy atom. The summed E-state index contributed by atoms with van der Waals surface area (Å²) in [6.07, 6.45) is 1.65. The Balaban J connectivity index is 1.65. The molecule has 0 aliphatic heterocycles. The molecule has 0 spiro atoms. The first-order valence-electron chi connectivity index (χ1n) is 11.2. The Morgan fingerprint density at radius 3 is 2.54 bits per heavy atom.